The fourth-order valence-electron chi connectivity index (χ4n) is 1.83. The second-order valence-corrected chi connectivity index (χ2v) is 4.62. The molecule has 2 amide bonds. The summed E-state index contributed by atoms with van der Waals surface area (Å²) in [5.41, 5.74) is 1.95. The van der Waals surface area contributed by atoms with E-state index < -0.39 is 0 Å². The smallest absolute Gasteiger partial charge is 0.255 e. The van der Waals surface area contributed by atoms with E-state index in [0.717, 1.165) is 5.56 Å². The quantitative estimate of drug-likeness (QED) is 0.795. The van der Waals surface area contributed by atoms with Crippen molar-refractivity contribution in [3.8, 4) is 11.8 Å². The molecule has 0 spiro atoms. The number of aryl methyl sites for hydroxylation is 1. The zero-order valence-corrected chi connectivity index (χ0v) is 12.6. The van der Waals surface area contributed by atoms with E-state index in [4.69, 9.17) is 5.11 Å². The molecule has 0 unspecified atom stereocenters. The molecule has 0 aliphatic carbocycles. The summed E-state index contributed by atoms with van der Waals surface area (Å²) in [7, 11) is 1.57. The van der Waals surface area contributed by atoms with E-state index >= 15 is 0 Å². The lowest BCUT2D eigenvalue weighted by molar-refractivity contribution is -0.121. The maximum atomic E-state index is 12.4. The molecular formula is C16H20N2O3. The summed E-state index contributed by atoms with van der Waals surface area (Å²) in [6.07, 6.45) is 0. The minimum atomic E-state index is -0.275. The van der Waals surface area contributed by atoms with Crippen LogP contribution in [0.1, 0.15) is 28.4 Å². The molecule has 0 atom stereocenters. The summed E-state index contributed by atoms with van der Waals surface area (Å²) in [5, 5.41) is 11.4. The molecule has 0 saturated heterocycles. The first-order valence-corrected chi connectivity index (χ1v) is 6.72. The van der Waals surface area contributed by atoms with Crippen molar-refractivity contribution in [1.29, 1.82) is 0 Å². The maximum Gasteiger partial charge on any atom is 0.255 e. The van der Waals surface area contributed by atoms with Gasteiger partial charge in [0, 0.05) is 19.2 Å². The van der Waals surface area contributed by atoms with Gasteiger partial charge in [-0.2, -0.15) is 0 Å². The van der Waals surface area contributed by atoms with Crippen LogP contribution in [0.25, 0.3) is 0 Å². The summed E-state index contributed by atoms with van der Waals surface area (Å²) in [6.45, 7) is 3.97. The predicted molar refractivity (Wildman–Crippen MR) is 80.8 cm³/mol. The summed E-state index contributed by atoms with van der Waals surface area (Å²) < 4.78 is 0. The van der Waals surface area contributed by atoms with Gasteiger partial charge in [0.15, 0.2) is 0 Å². The monoisotopic (exact) mass is 288 g/mol. The average molecular weight is 288 g/mol. The van der Waals surface area contributed by atoms with Gasteiger partial charge in [0.1, 0.15) is 6.61 Å². The van der Waals surface area contributed by atoms with Crippen LogP contribution in [-0.4, -0.2) is 48.6 Å². The van der Waals surface area contributed by atoms with Crippen LogP contribution in [0.4, 0.5) is 0 Å². The molecule has 1 rings (SSSR count). The number of aliphatic hydroxyl groups is 1. The Hall–Kier alpha value is -2.32. The van der Waals surface area contributed by atoms with Gasteiger partial charge in [-0.3, -0.25) is 9.59 Å². The number of aliphatic hydroxyl groups excluding tert-OH is 1. The Bertz CT molecular complexity index is 585. The molecule has 0 saturated carbocycles. The van der Waals surface area contributed by atoms with Crippen molar-refractivity contribution in [2.24, 2.45) is 0 Å². The van der Waals surface area contributed by atoms with Crippen LogP contribution in [0.3, 0.4) is 0 Å². The van der Waals surface area contributed by atoms with Crippen molar-refractivity contribution >= 4 is 11.8 Å². The highest BCUT2D eigenvalue weighted by atomic mass is 16.2. The molecule has 21 heavy (non-hydrogen) atoms. The van der Waals surface area contributed by atoms with Crippen molar-refractivity contribution in [1.82, 2.24) is 10.2 Å². The van der Waals surface area contributed by atoms with Gasteiger partial charge in [-0.1, -0.05) is 17.9 Å². The molecule has 5 heteroatoms. The number of nitrogens with zero attached hydrogens (tertiary/aromatic N) is 1. The zero-order valence-electron chi connectivity index (χ0n) is 12.6. The largest absolute Gasteiger partial charge is 0.384 e. The Morgan fingerprint density at radius 3 is 2.71 bits per heavy atom. The van der Waals surface area contributed by atoms with E-state index in [1.54, 1.807) is 19.2 Å². The van der Waals surface area contributed by atoms with E-state index in [0.29, 0.717) is 17.7 Å². The summed E-state index contributed by atoms with van der Waals surface area (Å²) in [5.74, 6) is 4.83. The summed E-state index contributed by atoms with van der Waals surface area (Å²) >= 11 is 0. The van der Waals surface area contributed by atoms with Crippen molar-refractivity contribution < 1.29 is 14.7 Å². The third-order valence-corrected chi connectivity index (χ3v) is 2.81. The standard InChI is InChI=1S/C16H20N2O3/c1-4-17-15(20)11-18(3)16(21)14-8-7-12(2)10-13(14)6-5-9-19/h7-8,10,19H,4,9,11H2,1-3H3,(H,17,20). The molecule has 2 N–H and O–H groups in total. The number of rotatable bonds is 4. The van der Waals surface area contributed by atoms with E-state index in [-0.39, 0.29) is 25.0 Å². The molecule has 0 heterocycles. The van der Waals surface area contributed by atoms with E-state index in [1.807, 2.05) is 19.9 Å². The van der Waals surface area contributed by atoms with Gasteiger partial charge in [-0.15, -0.1) is 0 Å². The molecule has 0 fully saturated rings. The first-order chi connectivity index (χ1) is 9.99. The normalized spacial score (nSPS) is 9.52. The maximum absolute atomic E-state index is 12.4. The molecule has 1 aromatic carbocycles. The topological polar surface area (TPSA) is 69.6 Å². The number of amides is 2. The lowest BCUT2D eigenvalue weighted by Gasteiger charge is -2.17. The number of carbonyl (C=O) groups is 2. The van der Waals surface area contributed by atoms with Gasteiger partial charge >= 0.3 is 0 Å². The second kappa shape index (κ2) is 8.08. The molecule has 5 nitrogen and oxygen atoms in total. The van der Waals surface area contributed by atoms with E-state index in [2.05, 4.69) is 17.2 Å². The number of hydrogen-bond donors (Lipinski definition) is 2. The van der Waals surface area contributed by atoms with Crippen LogP contribution >= 0.6 is 0 Å². The van der Waals surface area contributed by atoms with Crippen molar-refractivity contribution in [2.45, 2.75) is 13.8 Å². The molecule has 1 aromatic rings. The summed E-state index contributed by atoms with van der Waals surface area (Å²) in [4.78, 5) is 25.3. The van der Waals surface area contributed by atoms with Gasteiger partial charge in [-0.25, -0.2) is 0 Å². The highest BCUT2D eigenvalue weighted by Gasteiger charge is 2.17. The Labute approximate surface area is 125 Å². The van der Waals surface area contributed by atoms with Gasteiger partial charge in [0.2, 0.25) is 5.91 Å². The predicted octanol–water partition coefficient (Wildman–Crippen LogP) is 0.547. The Kier molecular flexibility index (Phi) is 6.44. The molecule has 0 aromatic heterocycles. The van der Waals surface area contributed by atoms with Crippen molar-refractivity contribution in [3.63, 3.8) is 0 Å². The van der Waals surface area contributed by atoms with Gasteiger partial charge in [-0.05, 0) is 31.5 Å². The van der Waals surface area contributed by atoms with Crippen LogP contribution < -0.4 is 5.32 Å². The Balaban J connectivity index is 2.98. The van der Waals surface area contributed by atoms with Crippen LogP contribution in [0.15, 0.2) is 18.2 Å². The van der Waals surface area contributed by atoms with Crippen LogP contribution in [0, 0.1) is 18.8 Å². The molecule has 0 aliphatic rings. The zero-order chi connectivity index (χ0) is 15.8. The fourth-order valence-corrected chi connectivity index (χ4v) is 1.83. The first-order valence-electron chi connectivity index (χ1n) is 6.72. The van der Waals surface area contributed by atoms with Gasteiger partial charge < -0.3 is 15.3 Å². The highest BCUT2D eigenvalue weighted by Crippen LogP contribution is 2.13. The van der Waals surface area contributed by atoms with Gasteiger partial charge in [0.05, 0.1) is 12.1 Å². The number of likely N-dealkylation sites (N-methyl/N-ethyl adjacent to an activating group) is 2. The number of carbonyl (C=O) groups excluding carboxylic acids is 2. The number of hydrogen-bond acceptors (Lipinski definition) is 3. The van der Waals surface area contributed by atoms with Gasteiger partial charge in [0.25, 0.3) is 5.91 Å². The second-order valence-electron chi connectivity index (χ2n) is 4.62. The molecule has 0 radical (unpaired) electrons. The lowest BCUT2D eigenvalue weighted by atomic mass is 10.0. The summed E-state index contributed by atoms with van der Waals surface area (Å²) in [6, 6.07) is 5.29. The Morgan fingerprint density at radius 2 is 2.10 bits per heavy atom. The minimum Gasteiger partial charge on any atom is -0.384 e. The molecular weight excluding hydrogens is 268 g/mol. The van der Waals surface area contributed by atoms with Crippen LogP contribution in [-0.2, 0) is 4.79 Å². The minimum absolute atomic E-state index is 0.00653. The van der Waals surface area contributed by atoms with E-state index in [9.17, 15) is 9.59 Å². The first kappa shape index (κ1) is 16.7. The van der Waals surface area contributed by atoms with Crippen LogP contribution in [0.5, 0.6) is 0 Å². The average Bonchev–Trinajstić information content (AvgIpc) is 2.44. The molecule has 0 aliphatic heterocycles. The number of benzene rings is 1. The third kappa shape index (κ3) is 4.93. The molecule has 112 valence electrons. The van der Waals surface area contributed by atoms with E-state index in [1.165, 1.54) is 4.90 Å². The SMILES string of the molecule is CCNC(=O)CN(C)C(=O)c1ccc(C)cc1C#CCO. The van der Waals surface area contributed by atoms with Crippen molar-refractivity contribution in [2.75, 3.05) is 26.7 Å². The van der Waals surface area contributed by atoms with Crippen LogP contribution in [0.2, 0.25) is 0 Å². The molecule has 0 bridgehead atoms. The fraction of sp³-hybridized carbons (Fsp3) is 0.375. The van der Waals surface area contributed by atoms with Crippen molar-refractivity contribution in [3.05, 3.63) is 34.9 Å². The lowest BCUT2D eigenvalue weighted by Crippen LogP contribution is -2.38. The Morgan fingerprint density at radius 1 is 1.38 bits per heavy atom. The third-order valence-electron chi connectivity index (χ3n) is 2.81. The highest BCUT2D eigenvalue weighted by molar-refractivity contribution is 5.98. The number of nitrogens with one attached hydrogen (secondary N) is 1.